The molecule has 0 aromatic carbocycles. The Kier molecular flexibility index (Phi) is 5.15. The molecule has 5 heteroatoms. The highest BCUT2D eigenvalue weighted by Crippen LogP contribution is 2.13. The number of nitrogens with zero attached hydrogens (tertiary/aromatic N) is 2. The molecule has 17 heavy (non-hydrogen) atoms. The predicted molar refractivity (Wildman–Crippen MR) is 67.1 cm³/mol. The van der Waals surface area contributed by atoms with Crippen molar-refractivity contribution in [3.05, 3.63) is 12.3 Å². The number of hydrogen-bond donors (Lipinski definition) is 2. The average Bonchev–Trinajstić information content (AvgIpc) is 2.25. The molecule has 0 fully saturated rings. The third kappa shape index (κ3) is 4.56. The molecule has 0 aliphatic carbocycles. The lowest BCUT2D eigenvalue weighted by atomic mass is 10.1. The molecule has 2 N–H and O–H groups in total. The minimum atomic E-state index is -0.0516. The van der Waals surface area contributed by atoms with Gasteiger partial charge in [0.25, 0.3) is 0 Å². The molecule has 0 saturated heterocycles. The summed E-state index contributed by atoms with van der Waals surface area (Å²) in [7, 11) is 0. The molecule has 0 unspecified atom stereocenters. The summed E-state index contributed by atoms with van der Waals surface area (Å²) >= 11 is 0. The maximum atomic E-state index is 9.22. The van der Waals surface area contributed by atoms with Crippen molar-refractivity contribution in [1.82, 2.24) is 9.97 Å². The highest BCUT2D eigenvalue weighted by molar-refractivity contribution is 5.29. The first-order valence-corrected chi connectivity index (χ1v) is 5.90. The summed E-state index contributed by atoms with van der Waals surface area (Å²) in [6, 6.07) is 1.67. The standard InChI is InChI=1S/C12H21N3O2/c1-8(2)10(7-16)14-12-13-6-5-11(15-12)17-9(3)4/h5-6,8-10,16H,7H2,1-4H3,(H,13,14,15)/t10-/m1/s1. The minimum Gasteiger partial charge on any atom is -0.475 e. The number of anilines is 1. The Hall–Kier alpha value is -1.36. The van der Waals surface area contributed by atoms with Crippen LogP contribution in [0, 0.1) is 5.92 Å². The third-order valence-corrected chi connectivity index (χ3v) is 2.30. The van der Waals surface area contributed by atoms with Gasteiger partial charge in [0.05, 0.1) is 18.8 Å². The van der Waals surface area contributed by atoms with Crippen molar-refractivity contribution in [3.63, 3.8) is 0 Å². The van der Waals surface area contributed by atoms with Crippen molar-refractivity contribution in [2.24, 2.45) is 5.92 Å². The van der Waals surface area contributed by atoms with Crippen LogP contribution in [0.15, 0.2) is 12.3 Å². The number of hydrogen-bond acceptors (Lipinski definition) is 5. The molecular formula is C12H21N3O2. The van der Waals surface area contributed by atoms with Gasteiger partial charge in [-0.3, -0.25) is 0 Å². The van der Waals surface area contributed by atoms with Crippen molar-refractivity contribution in [2.45, 2.75) is 39.8 Å². The summed E-state index contributed by atoms with van der Waals surface area (Å²) in [6.45, 7) is 8.00. The topological polar surface area (TPSA) is 67.3 Å². The van der Waals surface area contributed by atoms with E-state index in [2.05, 4.69) is 15.3 Å². The second-order valence-corrected chi connectivity index (χ2v) is 4.56. The first kappa shape index (κ1) is 13.7. The van der Waals surface area contributed by atoms with Gasteiger partial charge < -0.3 is 15.2 Å². The van der Waals surface area contributed by atoms with Crippen LogP contribution in [0.25, 0.3) is 0 Å². The van der Waals surface area contributed by atoms with Crippen LogP contribution < -0.4 is 10.1 Å². The van der Waals surface area contributed by atoms with E-state index in [1.165, 1.54) is 0 Å². The lowest BCUT2D eigenvalue weighted by Gasteiger charge is -2.20. The van der Waals surface area contributed by atoms with Crippen molar-refractivity contribution in [2.75, 3.05) is 11.9 Å². The van der Waals surface area contributed by atoms with Gasteiger partial charge in [0.15, 0.2) is 0 Å². The number of aliphatic hydroxyl groups is 1. The Morgan fingerprint density at radius 1 is 1.35 bits per heavy atom. The maximum absolute atomic E-state index is 9.22. The number of nitrogens with one attached hydrogen (secondary N) is 1. The van der Waals surface area contributed by atoms with Crippen LogP contribution in [0.2, 0.25) is 0 Å². The smallest absolute Gasteiger partial charge is 0.226 e. The van der Waals surface area contributed by atoms with Gasteiger partial charge in [0, 0.05) is 12.3 Å². The summed E-state index contributed by atoms with van der Waals surface area (Å²) in [4.78, 5) is 8.33. The number of ether oxygens (including phenoxy) is 1. The lowest BCUT2D eigenvalue weighted by Crippen LogP contribution is -2.30. The first-order chi connectivity index (χ1) is 8.02. The van der Waals surface area contributed by atoms with Crippen LogP contribution in [0.1, 0.15) is 27.7 Å². The molecular weight excluding hydrogens is 218 g/mol. The van der Waals surface area contributed by atoms with E-state index in [1.54, 1.807) is 12.3 Å². The molecule has 1 aromatic rings. The normalized spacial score (nSPS) is 12.9. The first-order valence-electron chi connectivity index (χ1n) is 5.90. The zero-order valence-corrected chi connectivity index (χ0v) is 10.8. The molecule has 1 rings (SSSR count). The Morgan fingerprint density at radius 2 is 2.06 bits per heavy atom. The quantitative estimate of drug-likeness (QED) is 0.790. The van der Waals surface area contributed by atoms with E-state index in [1.807, 2.05) is 27.7 Å². The van der Waals surface area contributed by atoms with Crippen LogP contribution in [-0.2, 0) is 0 Å². The van der Waals surface area contributed by atoms with E-state index in [0.717, 1.165) is 0 Å². The fraction of sp³-hybridized carbons (Fsp3) is 0.667. The highest BCUT2D eigenvalue weighted by atomic mass is 16.5. The van der Waals surface area contributed by atoms with Gasteiger partial charge in [0.2, 0.25) is 11.8 Å². The fourth-order valence-corrected chi connectivity index (χ4v) is 1.31. The molecule has 0 amide bonds. The van der Waals surface area contributed by atoms with Gasteiger partial charge in [-0.2, -0.15) is 4.98 Å². The van der Waals surface area contributed by atoms with Gasteiger partial charge in [0.1, 0.15) is 0 Å². The molecule has 5 nitrogen and oxygen atoms in total. The molecule has 0 spiro atoms. The molecule has 0 radical (unpaired) electrons. The summed E-state index contributed by atoms with van der Waals surface area (Å²) in [5, 5.41) is 12.3. The molecule has 96 valence electrons. The maximum Gasteiger partial charge on any atom is 0.226 e. The molecule has 0 aliphatic heterocycles. The summed E-state index contributed by atoms with van der Waals surface area (Å²) < 4.78 is 5.48. The number of aromatic nitrogens is 2. The van der Waals surface area contributed by atoms with Gasteiger partial charge in [-0.25, -0.2) is 4.98 Å². The van der Waals surface area contributed by atoms with E-state index in [9.17, 15) is 5.11 Å². The van der Waals surface area contributed by atoms with Crippen LogP contribution >= 0.6 is 0 Å². The zero-order valence-electron chi connectivity index (χ0n) is 10.8. The van der Waals surface area contributed by atoms with E-state index >= 15 is 0 Å². The Morgan fingerprint density at radius 3 is 2.59 bits per heavy atom. The number of rotatable bonds is 6. The van der Waals surface area contributed by atoms with Crippen molar-refractivity contribution in [1.29, 1.82) is 0 Å². The minimum absolute atomic E-state index is 0.0516. The Balaban J connectivity index is 2.70. The van der Waals surface area contributed by atoms with Crippen LogP contribution in [-0.4, -0.2) is 33.8 Å². The van der Waals surface area contributed by atoms with Crippen LogP contribution in [0.5, 0.6) is 5.88 Å². The van der Waals surface area contributed by atoms with Crippen LogP contribution in [0.3, 0.4) is 0 Å². The van der Waals surface area contributed by atoms with Gasteiger partial charge in [-0.05, 0) is 19.8 Å². The second-order valence-electron chi connectivity index (χ2n) is 4.56. The van der Waals surface area contributed by atoms with E-state index in [0.29, 0.717) is 17.7 Å². The summed E-state index contributed by atoms with van der Waals surface area (Å²) in [6.07, 6.45) is 1.72. The Labute approximate surface area is 102 Å². The average molecular weight is 239 g/mol. The molecule has 0 bridgehead atoms. The molecule has 1 atom stereocenters. The summed E-state index contributed by atoms with van der Waals surface area (Å²) in [5.41, 5.74) is 0. The molecule has 1 heterocycles. The van der Waals surface area contributed by atoms with Gasteiger partial charge in [-0.15, -0.1) is 0 Å². The monoisotopic (exact) mass is 239 g/mol. The molecule has 1 aromatic heterocycles. The fourth-order valence-electron chi connectivity index (χ4n) is 1.31. The van der Waals surface area contributed by atoms with E-state index in [4.69, 9.17) is 4.74 Å². The lowest BCUT2D eigenvalue weighted by molar-refractivity contribution is 0.231. The van der Waals surface area contributed by atoms with Crippen molar-refractivity contribution in [3.8, 4) is 5.88 Å². The van der Waals surface area contributed by atoms with Crippen LogP contribution in [0.4, 0.5) is 5.95 Å². The Bertz CT molecular complexity index is 342. The molecule has 0 saturated carbocycles. The highest BCUT2D eigenvalue weighted by Gasteiger charge is 2.13. The van der Waals surface area contributed by atoms with Crippen molar-refractivity contribution < 1.29 is 9.84 Å². The zero-order chi connectivity index (χ0) is 12.8. The summed E-state index contributed by atoms with van der Waals surface area (Å²) in [5.74, 6) is 1.33. The van der Waals surface area contributed by atoms with Crippen molar-refractivity contribution >= 4 is 5.95 Å². The largest absolute Gasteiger partial charge is 0.475 e. The predicted octanol–water partition coefficient (Wildman–Crippen LogP) is 1.69. The third-order valence-electron chi connectivity index (χ3n) is 2.30. The number of aliphatic hydroxyl groups excluding tert-OH is 1. The second kappa shape index (κ2) is 6.39. The van der Waals surface area contributed by atoms with Gasteiger partial charge >= 0.3 is 0 Å². The van der Waals surface area contributed by atoms with E-state index < -0.39 is 0 Å². The molecule has 0 aliphatic rings. The SMILES string of the molecule is CC(C)Oc1ccnc(N[C@H](CO)C(C)C)n1. The van der Waals surface area contributed by atoms with Gasteiger partial charge in [-0.1, -0.05) is 13.8 Å². The van der Waals surface area contributed by atoms with E-state index in [-0.39, 0.29) is 18.8 Å².